The predicted octanol–water partition coefficient (Wildman–Crippen LogP) is 3.97. The Kier molecular flexibility index (Phi) is 7.69. The van der Waals surface area contributed by atoms with Crippen LogP contribution in [-0.2, 0) is 6.42 Å². The lowest BCUT2D eigenvalue weighted by molar-refractivity contribution is 0.102. The van der Waals surface area contributed by atoms with E-state index >= 15 is 0 Å². The average molecular weight is 420 g/mol. The molecule has 0 aliphatic heterocycles. The molecular formula is C20H23ClFN5O2. The smallest absolute Gasteiger partial charge is 0.260 e. The van der Waals surface area contributed by atoms with Gasteiger partial charge in [-0.1, -0.05) is 12.1 Å². The second kappa shape index (κ2) is 9.99. The third-order valence-electron chi connectivity index (χ3n) is 3.99. The summed E-state index contributed by atoms with van der Waals surface area (Å²) in [6, 6.07) is 11.5. The van der Waals surface area contributed by atoms with Gasteiger partial charge in [-0.25, -0.2) is 4.39 Å². The summed E-state index contributed by atoms with van der Waals surface area (Å²) < 4.78 is 19.9. The van der Waals surface area contributed by atoms with Gasteiger partial charge in [0.05, 0.1) is 17.8 Å². The molecule has 1 heterocycles. The first-order valence-corrected chi connectivity index (χ1v) is 8.96. The van der Waals surface area contributed by atoms with Crippen LogP contribution in [0.3, 0.4) is 0 Å². The number of anilines is 1. The number of hydrogen-bond donors (Lipinski definition) is 2. The van der Waals surface area contributed by atoms with Crippen molar-refractivity contribution in [3.8, 4) is 11.5 Å². The number of amides is 1. The van der Waals surface area contributed by atoms with Crippen molar-refractivity contribution in [1.82, 2.24) is 15.0 Å². The maximum atomic E-state index is 14.2. The lowest BCUT2D eigenvalue weighted by atomic mass is 10.1. The summed E-state index contributed by atoms with van der Waals surface area (Å²) in [5.74, 6) is -0.0982. The maximum absolute atomic E-state index is 14.2. The Bertz CT molecular complexity index is 960. The number of rotatable bonds is 7. The molecule has 7 nitrogen and oxygen atoms in total. The van der Waals surface area contributed by atoms with E-state index in [0.717, 1.165) is 12.0 Å². The molecule has 3 N–H and O–H groups in total. The number of hydrogen-bond acceptors (Lipinski definition) is 5. The molecule has 3 rings (SSSR count). The van der Waals surface area contributed by atoms with Gasteiger partial charge in [-0.05, 0) is 62.7 Å². The van der Waals surface area contributed by atoms with Gasteiger partial charge < -0.3 is 15.8 Å². The number of benzene rings is 2. The molecule has 9 heteroatoms. The van der Waals surface area contributed by atoms with E-state index in [4.69, 9.17) is 10.5 Å². The third kappa shape index (κ3) is 5.75. The van der Waals surface area contributed by atoms with Crippen molar-refractivity contribution >= 4 is 24.1 Å². The minimum atomic E-state index is -0.653. The normalized spacial score (nSPS) is 10.5. The van der Waals surface area contributed by atoms with E-state index in [2.05, 4.69) is 15.5 Å². The first-order valence-electron chi connectivity index (χ1n) is 8.96. The monoisotopic (exact) mass is 419 g/mol. The van der Waals surface area contributed by atoms with E-state index in [0.29, 0.717) is 18.0 Å². The Balaban J connectivity index is 0.00000300. The summed E-state index contributed by atoms with van der Waals surface area (Å²) in [4.78, 5) is 13.9. The van der Waals surface area contributed by atoms with Crippen LogP contribution >= 0.6 is 12.4 Å². The van der Waals surface area contributed by atoms with E-state index < -0.39 is 11.7 Å². The fraction of sp³-hybridized carbons (Fsp3) is 0.250. The van der Waals surface area contributed by atoms with E-state index in [1.807, 2.05) is 26.0 Å². The number of carbonyl (C=O) groups excluding carboxylic acids is 1. The Morgan fingerprint density at radius 1 is 1.21 bits per heavy atom. The van der Waals surface area contributed by atoms with E-state index in [9.17, 15) is 9.18 Å². The van der Waals surface area contributed by atoms with Crippen molar-refractivity contribution in [2.75, 3.05) is 11.9 Å². The van der Waals surface area contributed by atoms with Gasteiger partial charge in [-0.3, -0.25) is 4.79 Å². The van der Waals surface area contributed by atoms with Crippen molar-refractivity contribution in [2.45, 2.75) is 26.3 Å². The van der Waals surface area contributed by atoms with E-state index in [1.165, 1.54) is 29.2 Å². The lowest BCUT2D eigenvalue weighted by Crippen LogP contribution is -2.15. The van der Waals surface area contributed by atoms with E-state index in [-0.39, 0.29) is 29.8 Å². The van der Waals surface area contributed by atoms with Gasteiger partial charge in [0.15, 0.2) is 5.82 Å². The first kappa shape index (κ1) is 22.3. The van der Waals surface area contributed by atoms with Gasteiger partial charge in [0.2, 0.25) is 0 Å². The third-order valence-corrected chi connectivity index (χ3v) is 3.99. The first-order chi connectivity index (χ1) is 13.5. The number of aromatic nitrogens is 3. The maximum Gasteiger partial charge on any atom is 0.260 e. The Morgan fingerprint density at radius 3 is 2.52 bits per heavy atom. The van der Waals surface area contributed by atoms with Crippen LogP contribution in [0.2, 0.25) is 0 Å². The summed E-state index contributed by atoms with van der Waals surface area (Å²) in [5, 5.41) is 10.7. The van der Waals surface area contributed by atoms with Gasteiger partial charge in [0.25, 0.3) is 5.91 Å². The van der Waals surface area contributed by atoms with Crippen molar-refractivity contribution < 1.29 is 13.9 Å². The molecular weight excluding hydrogens is 397 g/mol. The van der Waals surface area contributed by atoms with Crippen molar-refractivity contribution in [3.05, 3.63) is 65.6 Å². The standard InChI is InChI=1S/C20H22FN5O2.ClH/c1-13(2)26-23-12-19(25-26)24-20(27)17-11-16(7-8-18(17)21)28-15-5-3-14(4-6-15)9-10-22;/h3-8,11-13H,9-10,22H2,1-2H3,(H,24,25,27);1H. The fourth-order valence-electron chi connectivity index (χ4n) is 2.53. The van der Waals surface area contributed by atoms with Gasteiger partial charge in [0, 0.05) is 0 Å². The molecule has 0 atom stereocenters. The van der Waals surface area contributed by atoms with Crippen LogP contribution in [0.1, 0.15) is 35.8 Å². The van der Waals surface area contributed by atoms with Crippen molar-refractivity contribution in [2.24, 2.45) is 5.73 Å². The zero-order chi connectivity index (χ0) is 20.1. The molecule has 0 aliphatic carbocycles. The van der Waals surface area contributed by atoms with Gasteiger partial charge >= 0.3 is 0 Å². The average Bonchev–Trinajstić information content (AvgIpc) is 3.14. The van der Waals surface area contributed by atoms with Crippen LogP contribution in [0.5, 0.6) is 11.5 Å². The fourth-order valence-corrected chi connectivity index (χ4v) is 2.53. The quantitative estimate of drug-likeness (QED) is 0.604. The lowest BCUT2D eigenvalue weighted by Gasteiger charge is -2.09. The highest BCUT2D eigenvalue weighted by Crippen LogP contribution is 2.24. The van der Waals surface area contributed by atoms with Crippen LogP contribution in [0, 0.1) is 5.82 Å². The largest absolute Gasteiger partial charge is 0.457 e. The van der Waals surface area contributed by atoms with Crippen LogP contribution < -0.4 is 15.8 Å². The van der Waals surface area contributed by atoms with Crippen molar-refractivity contribution in [3.63, 3.8) is 0 Å². The van der Waals surface area contributed by atoms with Gasteiger partial charge in [-0.15, -0.1) is 17.5 Å². The summed E-state index contributed by atoms with van der Waals surface area (Å²) in [6.45, 7) is 4.39. The Hall–Kier alpha value is -2.97. The minimum Gasteiger partial charge on any atom is -0.457 e. The van der Waals surface area contributed by atoms with Crippen LogP contribution in [0.25, 0.3) is 0 Å². The predicted molar refractivity (Wildman–Crippen MR) is 111 cm³/mol. The topological polar surface area (TPSA) is 95.1 Å². The SMILES string of the molecule is CC(C)n1ncc(NC(=O)c2cc(Oc3ccc(CCN)cc3)ccc2F)n1.Cl. The summed E-state index contributed by atoms with van der Waals surface area (Å²) in [5.41, 5.74) is 6.50. The highest BCUT2D eigenvalue weighted by atomic mass is 35.5. The zero-order valence-corrected chi connectivity index (χ0v) is 16.9. The van der Waals surface area contributed by atoms with Crippen LogP contribution in [0.4, 0.5) is 10.2 Å². The molecule has 2 aromatic carbocycles. The number of ether oxygens (including phenoxy) is 1. The molecule has 29 heavy (non-hydrogen) atoms. The number of nitrogens with zero attached hydrogens (tertiary/aromatic N) is 3. The molecule has 154 valence electrons. The van der Waals surface area contributed by atoms with Gasteiger partial charge in [0.1, 0.15) is 17.3 Å². The second-order valence-corrected chi connectivity index (χ2v) is 6.52. The summed E-state index contributed by atoms with van der Waals surface area (Å²) >= 11 is 0. The summed E-state index contributed by atoms with van der Waals surface area (Å²) in [7, 11) is 0. The molecule has 0 aliphatic rings. The number of halogens is 2. The second-order valence-electron chi connectivity index (χ2n) is 6.52. The molecule has 0 spiro atoms. The highest BCUT2D eigenvalue weighted by Gasteiger charge is 2.15. The minimum absolute atomic E-state index is 0. The highest BCUT2D eigenvalue weighted by molar-refractivity contribution is 6.04. The molecule has 3 aromatic rings. The Labute approximate surface area is 174 Å². The number of carbonyl (C=O) groups is 1. The molecule has 0 saturated carbocycles. The number of nitrogens with two attached hydrogens (primary N) is 1. The molecule has 0 radical (unpaired) electrons. The van der Waals surface area contributed by atoms with Crippen molar-refractivity contribution in [1.29, 1.82) is 0 Å². The van der Waals surface area contributed by atoms with E-state index in [1.54, 1.807) is 12.1 Å². The van der Waals surface area contributed by atoms with Crippen LogP contribution in [0.15, 0.2) is 48.7 Å². The molecule has 0 fully saturated rings. The number of nitrogens with one attached hydrogen (secondary N) is 1. The molecule has 0 saturated heterocycles. The van der Waals surface area contributed by atoms with Crippen LogP contribution in [-0.4, -0.2) is 27.4 Å². The molecule has 0 unspecified atom stereocenters. The molecule has 1 aromatic heterocycles. The van der Waals surface area contributed by atoms with Gasteiger partial charge in [-0.2, -0.15) is 9.90 Å². The zero-order valence-electron chi connectivity index (χ0n) is 16.1. The summed E-state index contributed by atoms with van der Waals surface area (Å²) in [6.07, 6.45) is 2.20. The molecule has 0 bridgehead atoms. The Morgan fingerprint density at radius 2 is 1.90 bits per heavy atom. The molecule has 1 amide bonds.